The average Bonchev–Trinajstić information content (AvgIpc) is 3.53. The molecule has 1 N–H and O–H groups in total. The Labute approximate surface area is 212 Å². The number of carbonyl (C=O) groups is 1. The second kappa shape index (κ2) is 11.0. The van der Waals surface area contributed by atoms with E-state index in [1.165, 1.54) is 16.4 Å². The van der Waals surface area contributed by atoms with Crippen molar-refractivity contribution in [2.24, 2.45) is 5.10 Å². The summed E-state index contributed by atoms with van der Waals surface area (Å²) in [5, 5.41) is 8.96. The second-order valence-corrected chi connectivity index (χ2v) is 10.5. The quantitative estimate of drug-likeness (QED) is 0.352. The van der Waals surface area contributed by atoms with Crippen molar-refractivity contribution in [2.45, 2.75) is 38.5 Å². The van der Waals surface area contributed by atoms with Gasteiger partial charge in [-0.2, -0.15) is 14.5 Å². The van der Waals surface area contributed by atoms with Gasteiger partial charge in [0, 0.05) is 31.7 Å². The van der Waals surface area contributed by atoms with E-state index in [1.54, 1.807) is 32.2 Å². The molecule has 0 aliphatic carbocycles. The van der Waals surface area contributed by atoms with Gasteiger partial charge in [-0.1, -0.05) is 38.1 Å². The molecule has 1 aliphatic rings. The normalized spacial score (nSPS) is 14.2. The highest BCUT2D eigenvalue weighted by atomic mass is 32.2. The number of amides is 1. The van der Waals surface area contributed by atoms with Gasteiger partial charge in [0.25, 0.3) is 5.91 Å². The standard InChI is InChI=1S/C26H32N6O3S/c1-4-31(5-2)36(34,35)23-15-11-12-21(18-23)25(33)28-27-19-24-20(3)29-32(22-13-7-6-8-14-22)26(24)30-16-9-10-17-30/h6-8,11-15,18-19H,4-5,9-10,16-17H2,1-3H3,(H,28,33). The van der Waals surface area contributed by atoms with E-state index in [0.29, 0.717) is 13.1 Å². The van der Waals surface area contributed by atoms with Gasteiger partial charge >= 0.3 is 0 Å². The zero-order valence-corrected chi connectivity index (χ0v) is 21.7. The number of sulfonamides is 1. The Morgan fingerprint density at radius 3 is 2.44 bits per heavy atom. The summed E-state index contributed by atoms with van der Waals surface area (Å²) in [7, 11) is -3.67. The zero-order chi connectivity index (χ0) is 25.7. The topological polar surface area (TPSA) is 99.9 Å². The molecule has 36 heavy (non-hydrogen) atoms. The summed E-state index contributed by atoms with van der Waals surface area (Å²) in [5.74, 6) is 0.459. The van der Waals surface area contributed by atoms with Crippen molar-refractivity contribution in [3.63, 3.8) is 0 Å². The van der Waals surface area contributed by atoms with Crippen LogP contribution in [0.2, 0.25) is 0 Å². The molecule has 190 valence electrons. The number of aryl methyl sites for hydroxylation is 1. The summed E-state index contributed by atoms with van der Waals surface area (Å²) >= 11 is 0. The van der Waals surface area contributed by atoms with E-state index in [1.807, 2.05) is 41.9 Å². The van der Waals surface area contributed by atoms with Crippen LogP contribution in [0.15, 0.2) is 64.6 Å². The van der Waals surface area contributed by atoms with Gasteiger partial charge in [-0.15, -0.1) is 0 Å². The first-order valence-corrected chi connectivity index (χ1v) is 13.6. The van der Waals surface area contributed by atoms with Crippen molar-refractivity contribution in [1.29, 1.82) is 0 Å². The van der Waals surface area contributed by atoms with Crippen molar-refractivity contribution in [3.8, 4) is 5.69 Å². The molecule has 2 aromatic carbocycles. The lowest BCUT2D eigenvalue weighted by atomic mass is 10.2. The second-order valence-electron chi connectivity index (χ2n) is 8.58. The Balaban J connectivity index is 1.58. The van der Waals surface area contributed by atoms with Gasteiger partial charge in [0.15, 0.2) is 0 Å². The molecule has 1 fully saturated rings. The molecule has 0 bridgehead atoms. The molecule has 1 amide bonds. The molecular weight excluding hydrogens is 476 g/mol. The van der Waals surface area contributed by atoms with Crippen LogP contribution in [-0.2, 0) is 10.0 Å². The number of nitrogens with one attached hydrogen (secondary N) is 1. The Morgan fingerprint density at radius 1 is 1.08 bits per heavy atom. The fourth-order valence-electron chi connectivity index (χ4n) is 4.39. The summed E-state index contributed by atoms with van der Waals surface area (Å²) in [4.78, 5) is 15.2. The summed E-state index contributed by atoms with van der Waals surface area (Å²) in [6, 6.07) is 15.9. The van der Waals surface area contributed by atoms with Crippen LogP contribution in [0.25, 0.3) is 5.69 Å². The van der Waals surface area contributed by atoms with Gasteiger partial charge in [-0.25, -0.2) is 18.5 Å². The van der Waals surface area contributed by atoms with E-state index in [2.05, 4.69) is 15.4 Å². The number of hydrazone groups is 1. The van der Waals surface area contributed by atoms with Gasteiger partial charge in [-0.05, 0) is 50.1 Å². The molecule has 0 radical (unpaired) electrons. The first-order valence-electron chi connectivity index (χ1n) is 12.2. The monoisotopic (exact) mass is 508 g/mol. The number of para-hydroxylation sites is 1. The van der Waals surface area contributed by atoms with Crippen LogP contribution < -0.4 is 10.3 Å². The number of nitrogens with zero attached hydrogens (tertiary/aromatic N) is 5. The first kappa shape index (κ1) is 25.6. The van der Waals surface area contributed by atoms with Crippen LogP contribution in [-0.4, -0.2) is 60.8 Å². The third-order valence-electron chi connectivity index (χ3n) is 6.29. The largest absolute Gasteiger partial charge is 0.356 e. The minimum Gasteiger partial charge on any atom is -0.356 e. The number of rotatable bonds is 9. The predicted octanol–water partition coefficient (Wildman–Crippen LogP) is 3.58. The van der Waals surface area contributed by atoms with E-state index in [-0.39, 0.29) is 10.5 Å². The van der Waals surface area contributed by atoms with Gasteiger partial charge in [0.1, 0.15) is 5.82 Å². The molecule has 0 atom stereocenters. The minimum atomic E-state index is -3.67. The number of aromatic nitrogens is 2. The van der Waals surface area contributed by atoms with Crippen molar-refractivity contribution in [1.82, 2.24) is 19.5 Å². The van der Waals surface area contributed by atoms with Crippen molar-refractivity contribution >= 4 is 28.0 Å². The van der Waals surface area contributed by atoms with Crippen LogP contribution >= 0.6 is 0 Å². The van der Waals surface area contributed by atoms with Crippen LogP contribution in [0.3, 0.4) is 0 Å². The van der Waals surface area contributed by atoms with Gasteiger partial charge in [-0.3, -0.25) is 4.79 Å². The molecule has 0 spiro atoms. The van der Waals surface area contributed by atoms with E-state index in [0.717, 1.165) is 48.7 Å². The van der Waals surface area contributed by atoms with E-state index in [9.17, 15) is 13.2 Å². The number of carbonyl (C=O) groups excluding carboxylic acids is 1. The molecule has 4 rings (SSSR count). The third kappa shape index (κ3) is 5.19. The molecule has 2 heterocycles. The van der Waals surface area contributed by atoms with E-state index >= 15 is 0 Å². The van der Waals surface area contributed by atoms with Crippen molar-refractivity contribution in [3.05, 3.63) is 71.4 Å². The molecule has 0 saturated carbocycles. The SMILES string of the molecule is CCN(CC)S(=O)(=O)c1cccc(C(=O)NN=Cc2c(C)nn(-c3ccccc3)c2N2CCCC2)c1. The molecule has 3 aromatic rings. The molecule has 1 aliphatic heterocycles. The predicted molar refractivity (Wildman–Crippen MR) is 141 cm³/mol. The van der Waals surface area contributed by atoms with Crippen LogP contribution in [0.4, 0.5) is 5.82 Å². The lowest BCUT2D eigenvalue weighted by molar-refractivity contribution is 0.0955. The average molecular weight is 509 g/mol. The highest BCUT2D eigenvalue weighted by molar-refractivity contribution is 7.89. The maximum Gasteiger partial charge on any atom is 0.271 e. The number of hydrogen-bond acceptors (Lipinski definition) is 6. The first-order chi connectivity index (χ1) is 17.4. The number of anilines is 1. The molecule has 1 saturated heterocycles. The van der Waals surface area contributed by atoms with Crippen molar-refractivity contribution in [2.75, 3.05) is 31.1 Å². The van der Waals surface area contributed by atoms with Crippen LogP contribution in [0.5, 0.6) is 0 Å². The zero-order valence-electron chi connectivity index (χ0n) is 20.9. The van der Waals surface area contributed by atoms with Gasteiger partial charge < -0.3 is 4.90 Å². The Bertz CT molecular complexity index is 1340. The molecular formula is C26H32N6O3S. The fourth-order valence-corrected chi connectivity index (χ4v) is 5.90. The number of benzene rings is 2. The maximum atomic E-state index is 12.8. The van der Waals surface area contributed by atoms with Crippen LogP contribution in [0.1, 0.15) is 48.3 Å². The van der Waals surface area contributed by atoms with E-state index < -0.39 is 15.9 Å². The summed E-state index contributed by atoms with van der Waals surface area (Å²) in [6.45, 7) is 8.06. The molecule has 9 nitrogen and oxygen atoms in total. The lowest BCUT2D eigenvalue weighted by Crippen LogP contribution is -2.30. The highest BCUT2D eigenvalue weighted by Crippen LogP contribution is 2.29. The summed E-state index contributed by atoms with van der Waals surface area (Å²) in [6.07, 6.45) is 3.84. The lowest BCUT2D eigenvalue weighted by Gasteiger charge is -2.20. The van der Waals surface area contributed by atoms with Gasteiger partial charge in [0.2, 0.25) is 10.0 Å². The Morgan fingerprint density at radius 2 is 1.78 bits per heavy atom. The molecule has 1 aromatic heterocycles. The Kier molecular flexibility index (Phi) is 7.85. The maximum absolute atomic E-state index is 12.8. The Hall–Kier alpha value is -3.50. The summed E-state index contributed by atoms with van der Waals surface area (Å²) < 4.78 is 29.0. The number of hydrogen-bond donors (Lipinski definition) is 1. The van der Waals surface area contributed by atoms with Crippen molar-refractivity contribution < 1.29 is 13.2 Å². The van der Waals surface area contributed by atoms with Gasteiger partial charge in [0.05, 0.1) is 28.1 Å². The molecule has 0 unspecified atom stereocenters. The summed E-state index contributed by atoms with van der Waals surface area (Å²) in [5.41, 5.74) is 5.35. The highest BCUT2D eigenvalue weighted by Gasteiger charge is 2.24. The van der Waals surface area contributed by atoms with E-state index in [4.69, 9.17) is 5.10 Å². The van der Waals surface area contributed by atoms with Crippen LogP contribution in [0, 0.1) is 6.92 Å². The minimum absolute atomic E-state index is 0.0825. The smallest absolute Gasteiger partial charge is 0.271 e. The molecule has 10 heteroatoms. The third-order valence-corrected chi connectivity index (χ3v) is 8.33. The fraction of sp³-hybridized carbons (Fsp3) is 0.346.